The van der Waals surface area contributed by atoms with E-state index in [0.717, 1.165) is 10.9 Å². The number of nitrogens with zero attached hydrogens (tertiary/aromatic N) is 1. The summed E-state index contributed by atoms with van der Waals surface area (Å²) in [5, 5.41) is 41.9. The van der Waals surface area contributed by atoms with Crippen LogP contribution in [0.5, 0.6) is 0 Å². The first-order valence-electron chi connectivity index (χ1n) is 9.32. The molecule has 2 aromatic heterocycles. The van der Waals surface area contributed by atoms with Gasteiger partial charge in [-0.1, -0.05) is 12.1 Å². The van der Waals surface area contributed by atoms with Crippen LogP contribution in [-0.2, 0) is 4.79 Å². The standard InChI is InChI=1S/C21H23N3O6/c1-11-13-6-5-12(23-16(9-25)19(28)20(29)17(27)10-26)8-15(13)24-21(30)18(11)14-4-2-3-7-22-14/h2-9,16-17,19-20,23,26-29H,10H2,1H3,(H,24,30)/t16-,17+,19+,20+/m0/s1. The normalized spacial score (nSPS) is 15.4. The van der Waals surface area contributed by atoms with Crippen molar-refractivity contribution in [3.63, 3.8) is 0 Å². The predicted molar refractivity (Wildman–Crippen MR) is 111 cm³/mol. The van der Waals surface area contributed by atoms with Gasteiger partial charge in [-0.05, 0) is 36.8 Å². The minimum atomic E-state index is -1.72. The van der Waals surface area contributed by atoms with Crippen LogP contribution in [0.4, 0.5) is 5.69 Å². The molecule has 1 aromatic carbocycles. The Morgan fingerprint density at radius 1 is 1.17 bits per heavy atom. The topological polar surface area (TPSA) is 156 Å². The Balaban J connectivity index is 1.94. The zero-order chi connectivity index (χ0) is 21.8. The summed E-state index contributed by atoms with van der Waals surface area (Å²) in [5.74, 6) is 0. The third kappa shape index (κ3) is 4.24. The second kappa shape index (κ2) is 9.14. The Bertz CT molecular complexity index is 1090. The van der Waals surface area contributed by atoms with E-state index in [-0.39, 0.29) is 5.56 Å². The van der Waals surface area contributed by atoms with E-state index in [0.29, 0.717) is 28.7 Å². The van der Waals surface area contributed by atoms with Gasteiger partial charge in [0.25, 0.3) is 5.56 Å². The molecule has 0 amide bonds. The van der Waals surface area contributed by atoms with Gasteiger partial charge in [0.1, 0.15) is 30.6 Å². The molecule has 0 unspecified atom stereocenters. The highest BCUT2D eigenvalue weighted by Crippen LogP contribution is 2.26. The number of hydrogen-bond acceptors (Lipinski definition) is 8. The van der Waals surface area contributed by atoms with Gasteiger partial charge < -0.3 is 35.5 Å². The number of benzene rings is 1. The van der Waals surface area contributed by atoms with Crippen LogP contribution in [0, 0.1) is 6.92 Å². The van der Waals surface area contributed by atoms with Gasteiger partial charge in [-0.3, -0.25) is 9.78 Å². The molecule has 0 bridgehead atoms. The van der Waals surface area contributed by atoms with E-state index in [2.05, 4.69) is 15.3 Å². The van der Waals surface area contributed by atoms with Crippen LogP contribution in [0.1, 0.15) is 5.56 Å². The van der Waals surface area contributed by atoms with Crippen molar-refractivity contribution in [1.82, 2.24) is 9.97 Å². The molecule has 9 heteroatoms. The molecule has 4 atom stereocenters. The van der Waals surface area contributed by atoms with Crippen molar-refractivity contribution in [3.05, 3.63) is 58.5 Å². The molecule has 9 nitrogen and oxygen atoms in total. The van der Waals surface area contributed by atoms with Crippen LogP contribution in [0.15, 0.2) is 47.4 Å². The maximum absolute atomic E-state index is 12.7. The molecule has 0 spiro atoms. The van der Waals surface area contributed by atoms with Gasteiger partial charge in [0, 0.05) is 17.3 Å². The summed E-state index contributed by atoms with van der Waals surface area (Å²) in [5.41, 5.74) is 2.37. The number of carbonyl (C=O) groups excluding carboxylic acids is 1. The molecular formula is C21H23N3O6. The number of anilines is 1. The fourth-order valence-corrected chi connectivity index (χ4v) is 3.31. The molecule has 6 N–H and O–H groups in total. The number of hydrogen-bond donors (Lipinski definition) is 6. The number of aryl methyl sites for hydroxylation is 1. The van der Waals surface area contributed by atoms with E-state index in [9.17, 15) is 24.9 Å². The molecule has 2 heterocycles. The summed E-state index contributed by atoms with van der Waals surface area (Å²) in [6.45, 7) is 1.05. The lowest BCUT2D eigenvalue weighted by atomic mass is 10.0. The molecule has 0 aliphatic carbocycles. The van der Waals surface area contributed by atoms with Crippen molar-refractivity contribution in [2.45, 2.75) is 31.3 Å². The number of aromatic nitrogens is 2. The van der Waals surface area contributed by atoms with Crippen LogP contribution in [0.3, 0.4) is 0 Å². The highest BCUT2D eigenvalue weighted by Gasteiger charge is 2.31. The van der Waals surface area contributed by atoms with E-state index in [1.807, 2.05) is 6.92 Å². The highest BCUT2D eigenvalue weighted by atomic mass is 16.4. The lowest BCUT2D eigenvalue weighted by Crippen LogP contribution is -2.49. The van der Waals surface area contributed by atoms with Gasteiger partial charge in [0.15, 0.2) is 0 Å². The Labute approximate surface area is 171 Å². The lowest BCUT2D eigenvalue weighted by molar-refractivity contribution is -0.117. The summed E-state index contributed by atoms with van der Waals surface area (Å²) < 4.78 is 0. The van der Waals surface area contributed by atoms with Crippen LogP contribution in [0.25, 0.3) is 22.2 Å². The van der Waals surface area contributed by atoms with Crippen molar-refractivity contribution < 1.29 is 25.2 Å². The quantitative estimate of drug-likeness (QED) is 0.281. The van der Waals surface area contributed by atoms with E-state index in [4.69, 9.17) is 5.11 Å². The molecule has 0 saturated carbocycles. The van der Waals surface area contributed by atoms with Crippen LogP contribution < -0.4 is 10.9 Å². The minimum Gasteiger partial charge on any atom is -0.394 e. The van der Waals surface area contributed by atoms with E-state index in [1.54, 1.807) is 42.6 Å². The van der Waals surface area contributed by atoms with Gasteiger partial charge in [0.05, 0.1) is 23.4 Å². The summed E-state index contributed by atoms with van der Waals surface area (Å²) in [6, 6.07) is 9.08. The Hall–Kier alpha value is -3.11. The van der Waals surface area contributed by atoms with Gasteiger partial charge in [-0.2, -0.15) is 0 Å². The number of aromatic amines is 1. The summed E-state index contributed by atoms with van der Waals surface area (Å²) in [7, 11) is 0. The predicted octanol–water partition coefficient (Wildman–Crippen LogP) is -0.0471. The third-order valence-electron chi connectivity index (χ3n) is 4.97. The number of carbonyl (C=O) groups is 1. The van der Waals surface area contributed by atoms with Gasteiger partial charge in [0.2, 0.25) is 0 Å². The number of aliphatic hydroxyl groups is 4. The molecule has 3 rings (SSSR count). The lowest BCUT2D eigenvalue weighted by Gasteiger charge is -2.27. The molecule has 158 valence electrons. The van der Waals surface area contributed by atoms with Crippen molar-refractivity contribution in [2.75, 3.05) is 11.9 Å². The maximum atomic E-state index is 12.7. The average Bonchev–Trinajstić information content (AvgIpc) is 2.76. The van der Waals surface area contributed by atoms with Crippen molar-refractivity contribution in [2.24, 2.45) is 0 Å². The zero-order valence-corrected chi connectivity index (χ0v) is 16.2. The van der Waals surface area contributed by atoms with Crippen molar-refractivity contribution in [3.8, 4) is 11.3 Å². The van der Waals surface area contributed by atoms with Gasteiger partial charge >= 0.3 is 0 Å². The SMILES string of the molecule is Cc1c(-c2ccccn2)c(=O)[nH]c2cc(N[C@@H](C=O)[C@@H](O)[C@H](O)[C@H](O)CO)ccc12. The molecular weight excluding hydrogens is 390 g/mol. The Kier molecular flexibility index (Phi) is 6.58. The molecule has 0 radical (unpaired) electrons. The molecule has 0 saturated heterocycles. The van der Waals surface area contributed by atoms with E-state index >= 15 is 0 Å². The van der Waals surface area contributed by atoms with Gasteiger partial charge in [-0.15, -0.1) is 0 Å². The fraction of sp³-hybridized carbons (Fsp3) is 0.286. The van der Waals surface area contributed by atoms with E-state index in [1.165, 1.54) is 0 Å². The molecule has 30 heavy (non-hydrogen) atoms. The van der Waals surface area contributed by atoms with Gasteiger partial charge in [-0.25, -0.2) is 0 Å². The Morgan fingerprint density at radius 3 is 2.57 bits per heavy atom. The average molecular weight is 413 g/mol. The zero-order valence-electron chi connectivity index (χ0n) is 16.2. The smallest absolute Gasteiger partial charge is 0.258 e. The number of rotatable bonds is 8. The number of H-pyrrole nitrogens is 1. The maximum Gasteiger partial charge on any atom is 0.258 e. The first-order chi connectivity index (χ1) is 14.4. The molecule has 0 aliphatic rings. The van der Waals surface area contributed by atoms with Crippen molar-refractivity contribution >= 4 is 22.9 Å². The summed E-state index contributed by atoms with van der Waals surface area (Å²) in [6.07, 6.45) is -2.97. The van der Waals surface area contributed by atoms with Crippen LogP contribution >= 0.6 is 0 Å². The molecule has 3 aromatic rings. The number of pyridine rings is 2. The molecule has 0 fully saturated rings. The largest absolute Gasteiger partial charge is 0.394 e. The third-order valence-corrected chi connectivity index (χ3v) is 4.97. The first kappa shape index (κ1) is 21.6. The number of aldehydes is 1. The van der Waals surface area contributed by atoms with Crippen LogP contribution in [-0.4, -0.2) is 67.6 Å². The first-order valence-corrected chi connectivity index (χ1v) is 9.32. The summed E-state index contributed by atoms with van der Waals surface area (Å²) in [4.78, 5) is 31.1. The number of fused-ring (bicyclic) bond motifs is 1. The Morgan fingerprint density at radius 2 is 1.93 bits per heavy atom. The van der Waals surface area contributed by atoms with E-state index < -0.39 is 31.0 Å². The second-order valence-corrected chi connectivity index (χ2v) is 6.97. The number of aliphatic hydroxyl groups excluding tert-OH is 4. The van der Waals surface area contributed by atoms with Crippen LogP contribution in [0.2, 0.25) is 0 Å². The van der Waals surface area contributed by atoms with Crippen molar-refractivity contribution in [1.29, 1.82) is 0 Å². The number of nitrogens with one attached hydrogen (secondary N) is 2. The fourth-order valence-electron chi connectivity index (χ4n) is 3.31. The minimum absolute atomic E-state index is 0.315. The second-order valence-electron chi connectivity index (χ2n) is 6.97. The molecule has 0 aliphatic heterocycles. The monoisotopic (exact) mass is 413 g/mol. The highest BCUT2D eigenvalue weighted by molar-refractivity contribution is 5.90. The summed E-state index contributed by atoms with van der Waals surface area (Å²) >= 11 is 0.